The standard InChI is InChI=1S/C15H13N5O2/c16-13(21)12-9-5-4-8(10-3-1-2-6-18-10)7-11(9)19-14(12)20-15(17)22/h1-7,19H,(H2,16,21)(H3,17,20,22). The van der Waals surface area contributed by atoms with E-state index in [1.807, 2.05) is 30.3 Å². The van der Waals surface area contributed by atoms with Crippen LogP contribution in [0, 0.1) is 0 Å². The Hall–Kier alpha value is -3.35. The molecule has 0 saturated carbocycles. The lowest BCUT2D eigenvalue weighted by atomic mass is 10.1. The Morgan fingerprint density at radius 1 is 1.14 bits per heavy atom. The highest BCUT2D eigenvalue weighted by Crippen LogP contribution is 2.29. The number of anilines is 1. The number of rotatable bonds is 3. The molecule has 0 saturated heterocycles. The first-order valence-electron chi connectivity index (χ1n) is 6.49. The number of H-pyrrole nitrogens is 1. The van der Waals surface area contributed by atoms with Crippen molar-refractivity contribution in [3.63, 3.8) is 0 Å². The number of carbonyl (C=O) groups excluding carboxylic acids is 2. The summed E-state index contributed by atoms with van der Waals surface area (Å²) in [6.45, 7) is 0. The number of nitrogens with one attached hydrogen (secondary N) is 2. The molecule has 3 rings (SSSR count). The number of hydrogen-bond acceptors (Lipinski definition) is 3. The molecule has 3 aromatic rings. The molecule has 0 unspecified atom stereocenters. The van der Waals surface area contributed by atoms with E-state index < -0.39 is 11.9 Å². The van der Waals surface area contributed by atoms with Gasteiger partial charge in [0.15, 0.2) is 0 Å². The summed E-state index contributed by atoms with van der Waals surface area (Å²) in [7, 11) is 0. The molecule has 7 nitrogen and oxygen atoms in total. The Kier molecular flexibility index (Phi) is 3.23. The van der Waals surface area contributed by atoms with Gasteiger partial charge < -0.3 is 16.5 Å². The van der Waals surface area contributed by atoms with Gasteiger partial charge in [0.25, 0.3) is 5.91 Å². The van der Waals surface area contributed by atoms with Crippen LogP contribution in [-0.2, 0) is 0 Å². The molecule has 0 fully saturated rings. The van der Waals surface area contributed by atoms with E-state index in [-0.39, 0.29) is 11.4 Å². The molecule has 3 amide bonds. The van der Waals surface area contributed by atoms with Crippen molar-refractivity contribution in [1.82, 2.24) is 9.97 Å². The lowest BCUT2D eigenvalue weighted by Gasteiger charge is -2.01. The lowest BCUT2D eigenvalue weighted by molar-refractivity contribution is 0.100. The monoisotopic (exact) mass is 295 g/mol. The Labute approximate surface area is 125 Å². The number of amides is 3. The predicted octanol–water partition coefficient (Wildman–Crippen LogP) is 1.82. The van der Waals surface area contributed by atoms with E-state index in [2.05, 4.69) is 15.3 Å². The fourth-order valence-corrected chi connectivity index (χ4v) is 2.36. The average Bonchev–Trinajstić information content (AvgIpc) is 2.84. The van der Waals surface area contributed by atoms with Crippen molar-refractivity contribution in [2.24, 2.45) is 11.5 Å². The van der Waals surface area contributed by atoms with E-state index in [9.17, 15) is 9.59 Å². The van der Waals surface area contributed by atoms with Crippen LogP contribution in [0.25, 0.3) is 22.2 Å². The van der Waals surface area contributed by atoms with Crippen LogP contribution in [0.2, 0.25) is 0 Å². The summed E-state index contributed by atoms with van der Waals surface area (Å²) in [5, 5.41) is 2.98. The van der Waals surface area contributed by atoms with E-state index in [4.69, 9.17) is 11.5 Å². The molecule has 22 heavy (non-hydrogen) atoms. The van der Waals surface area contributed by atoms with Gasteiger partial charge in [-0.2, -0.15) is 0 Å². The van der Waals surface area contributed by atoms with Crippen molar-refractivity contribution in [2.45, 2.75) is 0 Å². The highest BCUT2D eigenvalue weighted by Gasteiger charge is 2.17. The number of aromatic amines is 1. The van der Waals surface area contributed by atoms with Gasteiger partial charge >= 0.3 is 6.03 Å². The number of benzene rings is 1. The molecule has 6 N–H and O–H groups in total. The molecular weight excluding hydrogens is 282 g/mol. The van der Waals surface area contributed by atoms with E-state index in [1.54, 1.807) is 12.3 Å². The minimum absolute atomic E-state index is 0.188. The van der Waals surface area contributed by atoms with Gasteiger partial charge in [-0.25, -0.2) is 4.79 Å². The second-order valence-corrected chi connectivity index (χ2v) is 4.70. The topological polar surface area (TPSA) is 127 Å². The van der Waals surface area contributed by atoms with Crippen LogP contribution in [0.1, 0.15) is 10.4 Å². The second kappa shape index (κ2) is 5.21. The van der Waals surface area contributed by atoms with Gasteiger partial charge in [-0.3, -0.25) is 15.1 Å². The fraction of sp³-hybridized carbons (Fsp3) is 0. The molecule has 1 aromatic carbocycles. The van der Waals surface area contributed by atoms with Crippen molar-refractivity contribution in [3.05, 3.63) is 48.2 Å². The fourth-order valence-electron chi connectivity index (χ4n) is 2.36. The summed E-state index contributed by atoms with van der Waals surface area (Å²) in [5.41, 5.74) is 13.0. The smallest absolute Gasteiger partial charge is 0.317 e. The molecule has 2 aromatic heterocycles. The van der Waals surface area contributed by atoms with Crippen molar-refractivity contribution >= 4 is 28.7 Å². The van der Waals surface area contributed by atoms with Gasteiger partial charge in [0.2, 0.25) is 0 Å². The highest BCUT2D eigenvalue weighted by molar-refractivity contribution is 6.13. The summed E-state index contributed by atoms with van der Waals surface area (Å²) in [6, 6.07) is 10.2. The van der Waals surface area contributed by atoms with Crippen molar-refractivity contribution in [2.75, 3.05) is 5.32 Å². The summed E-state index contributed by atoms with van der Waals surface area (Å²) in [5.74, 6) is -0.464. The van der Waals surface area contributed by atoms with Crippen LogP contribution >= 0.6 is 0 Å². The maximum absolute atomic E-state index is 11.6. The maximum Gasteiger partial charge on any atom is 0.317 e. The number of nitrogens with zero attached hydrogens (tertiary/aromatic N) is 1. The van der Waals surface area contributed by atoms with E-state index >= 15 is 0 Å². The second-order valence-electron chi connectivity index (χ2n) is 4.70. The molecular formula is C15H13N5O2. The molecule has 110 valence electrons. The number of fused-ring (bicyclic) bond motifs is 1. The van der Waals surface area contributed by atoms with Crippen LogP contribution in [0.4, 0.5) is 10.6 Å². The van der Waals surface area contributed by atoms with Crippen molar-refractivity contribution < 1.29 is 9.59 Å². The number of aromatic nitrogens is 2. The summed E-state index contributed by atoms with van der Waals surface area (Å²) in [6.07, 6.45) is 1.70. The highest BCUT2D eigenvalue weighted by atomic mass is 16.2. The number of nitrogens with two attached hydrogens (primary N) is 2. The molecule has 0 aliphatic rings. The number of urea groups is 1. The zero-order chi connectivity index (χ0) is 15.7. The minimum atomic E-state index is -0.779. The number of carbonyl (C=O) groups is 2. The Bertz CT molecular complexity index is 870. The predicted molar refractivity (Wildman–Crippen MR) is 83.3 cm³/mol. The molecule has 0 radical (unpaired) electrons. The first-order valence-corrected chi connectivity index (χ1v) is 6.49. The average molecular weight is 295 g/mol. The van der Waals surface area contributed by atoms with Gasteiger partial charge in [-0.05, 0) is 18.2 Å². The largest absolute Gasteiger partial charge is 0.365 e. The van der Waals surface area contributed by atoms with Crippen LogP contribution in [0.15, 0.2) is 42.6 Å². The third-order valence-corrected chi connectivity index (χ3v) is 3.25. The molecule has 0 aliphatic carbocycles. The molecule has 7 heteroatoms. The maximum atomic E-state index is 11.6. The van der Waals surface area contributed by atoms with Crippen LogP contribution in [0.3, 0.4) is 0 Å². The molecule has 0 atom stereocenters. The zero-order valence-electron chi connectivity index (χ0n) is 11.5. The van der Waals surface area contributed by atoms with Gasteiger partial charge in [0.1, 0.15) is 5.82 Å². The summed E-state index contributed by atoms with van der Waals surface area (Å²) >= 11 is 0. The molecule has 2 heterocycles. The van der Waals surface area contributed by atoms with E-state index in [0.717, 1.165) is 11.3 Å². The number of primary amides is 2. The van der Waals surface area contributed by atoms with Crippen LogP contribution in [0.5, 0.6) is 0 Å². The quantitative estimate of drug-likeness (QED) is 0.588. The molecule has 0 bridgehead atoms. The van der Waals surface area contributed by atoms with Gasteiger partial charge in [0, 0.05) is 22.7 Å². The van der Waals surface area contributed by atoms with Crippen LogP contribution in [-0.4, -0.2) is 21.9 Å². The van der Waals surface area contributed by atoms with Crippen molar-refractivity contribution in [1.29, 1.82) is 0 Å². The number of pyridine rings is 1. The van der Waals surface area contributed by atoms with Gasteiger partial charge in [0.05, 0.1) is 11.3 Å². The SMILES string of the molecule is NC(=O)Nc1[nH]c2cc(-c3ccccn3)ccc2c1C(N)=O. The minimum Gasteiger partial charge on any atom is -0.365 e. The molecule has 0 aliphatic heterocycles. The van der Waals surface area contributed by atoms with Gasteiger partial charge in [-0.1, -0.05) is 18.2 Å². The van der Waals surface area contributed by atoms with Crippen molar-refractivity contribution in [3.8, 4) is 11.3 Å². The number of hydrogen-bond donors (Lipinski definition) is 4. The zero-order valence-corrected chi connectivity index (χ0v) is 11.5. The third kappa shape index (κ3) is 2.35. The first kappa shape index (κ1) is 13.6. The summed E-state index contributed by atoms with van der Waals surface area (Å²) in [4.78, 5) is 29.9. The van der Waals surface area contributed by atoms with Gasteiger partial charge in [-0.15, -0.1) is 0 Å². The van der Waals surface area contributed by atoms with Crippen LogP contribution < -0.4 is 16.8 Å². The summed E-state index contributed by atoms with van der Waals surface area (Å²) < 4.78 is 0. The third-order valence-electron chi connectivity index (χ3n) is 3.25. The lowest BCUT2D eigenvalue weighted by Crippen LogP contribution is -2.22. The van der Waals surface area contributed by atoms with E-state index in [0.29, 0.717) is 10.9 Å². The van der Waals surface area contributed by atoms with E-state index in [1.165, 1.54) is 0 Å². The first-order chi connectivity index (χ1) is 10.6. The molecule has 0 spiro atoms. The normalized spacial score (nSPS) is 10.5. The Balaban J connectivity index is 2.17. The Morgan fingerprint density at radius 2 is 1.95 bits per heavy atom. The Morgan fingerprint density at radius 3 is 2.59 bits per heavy atom.